The van der Waals surface area contributed by atoms with Crippen LogP contribution in [-0.2, 0) is 11.3 Å². The van der Waals surface area contributed by atoms with Crippen molar-refractivity contribution in [1.29, 1.82) is 0 Å². The number of carbonyl (C=O) groups is 2. The van der Waals surface area contributed by atoms with Crippen LogP contribution < -0.4 is 10.6 Å². The highest BCUT2D eigenvalue weighted by Gasteiger charge is 2.05. The van der Waals surface area contributed by atoms with Gasteiger partial charge in [-0.05, 0) is 36.8 Å². The van der Waals surface area contributed by atoms with Crippen LogP contribution in [0.2, 0.25) is 0 Å². The molecule has 6 heteroatoms. The Morgan fingerprint density at radius 1 is 1.04 bits per heavy atom. The van der Waals surface area contributed by atoms with Gasteiger partial charge in [-0.3, -0.25) is 14.6 Å². The lowest BCUT2D eigenvalue weighted by atomic mass is 10.1. The Balaban J connectivity index is 1.77. The van der Waals surface area contributed by atoms with Gasteiger partial charge in [-0.15, -0.1) is 11.8 Å². The van der Waals surface area contributed by atoms with E-state index in [2.05, 4.69) is 15.6 Å². The third-order valence-electron chi connectivity index (χ3n) is 3.06. The van der Waals surface area contributed by atoms with Crippen molar-refractivity contribution >= 4 is 23.6 Å². The van der Waals surface area contributed by atoms with Gasteiger partial charge < -0.3 is 10.6 Å². The zero-order chi connectivity index (χ0) is 16.5. The van der Waals surface area contributed by atoms with E-state index in [0.717, 1.165) is 10.5 Å². The average Bonchev–Trinajstić information content (AvgIpc) is 2.59. The molecule has 23 heavy (non-hydrogen) atoms. The minimum absolute atomic E-state index is 0.0281. The second-order valence-electron chi connectivity index (χ2n) is 4.80. The first-order valence-corrected chi connectivity index (χ1v) is 8.34. The molecule has 1 aromatic heterocycles. The summed E-state index contributed by atoms with van der Waals surface area (Å²) >= 11 is 1.47. The highest BCUT2D eigenvalue weighted by molar-refractivity contribution is 8.00. The predicted octanol–water partition coefficient (Wildman–Crippen LogP) is 2.24. The van der Waals surface area contributed by atoms with Crippen molar-refractivity contribution in [3.63, 3.8) is 0 Å². The summed E-state index contributed by atoms with van der Waals surface area (Å²) in [5.41, 5.74) is 1.58. The lowest BCUT2D eigenvalue weighted by molar-refractivity contribution is -0.118. The maximum absolute atomic E-state index is 11.8. The van der Waals surface area contributed by atoms with Gasteiger partial charge in [0.2, 0.25) is 5.91 Å². The quantitative estimate of drug-likeness (QED) is 0.764. The highest BCUT2D eigenvalue weighted by atomic mass is 32.2. The molecule has 1 heterocycles. The number of amides is 2. The van der Waals surface area contributed by atoms with Crippen LogP contribution in [0.3, 0.4) is 0 Å². The number of carbonyl (C=O) groups excluding carboxylic acids is 2. The SMILES string of the molecule is CCNC(=O)c1ccc(CNC(=O)CSc2ccncc2)cc1. The van der Waals surface area contributed by atoms with E-state index in [1.54, 1.807) is 24.5 Å². The second kappa shape index (κ2) is 8.95. The summed E-state index contributed by atoms with van der Waals surface area (Å²) in [5.74, 6) is 0.248. The molecule has 0 aliphatic carbocycles. The molecule has 0 bridgehead atoms. The van der Waals surface area contributed by atoms with Crippen LogP contribution in [0.15, 0.2) is 53.7 Å². The number of hydrogen-bond acceptors (Lipinski definition) is 4. The molecule has 0 aliphatic heterocycles. The largest absolute Gasteiger partial charge is 0.352 e. The van der Waals surface area contributed by atoms with Crippen LogP contribution in [-0.4, -0.2) is 29.1 Å². The summed E-state index contributed by atoms with van der Waals surface area (Å²) in [6.07, 6.45) is 3.41. The van der Waals surface area contributed by atoms with Gasteiger partial charge in [-0.1, -0.05) is 12.1 Å². The van der Waals surface area contributed by atoms with E-state index in [1.165, 1.54) is 11.8 Å². The van der Waals surface area contributed by atoms with E-state index in [4.69, 9.17) is 0 Å². The summed E-state index contributed by atoms with van der Waals surface area (Å²) in [6.45, 7) is 2.93. The Morgan fingerprint density at radius 3 is 2.39 bits per heavy atom. The van der Waals surface area contributed by atoms with E-state index in [0.29, 0.717) is 24.4 Å². The van der Waals surface area contributed by atoms with Crippen LogP contribution in [0.4, 0.5) is 0 Å². The summed E-state index contributed by atoms with van der Waals surface area (Å²) < 4.78 is 0. The molecular weight excluding hydrogens is 310 g/mol. The van der Waals surface area contributed by atoms with Crippen molar-refractivity contribution < 1.29 is 9.59 Å². The summed E-state index contributed by atoms with van der Waals surface area (Å²) in [6, 6.07) is 11.0. The minimum atomic E-state index is -0.0863. The highest BCUT2D eigenvalue weighted by Crippen LogP contribution is 2.15. The molecule has 2 aromatic rings. The molecule has 2 amide bonds. The Morgan fingerprint density at radius 2 is 1.74 bits per heavy atom. The number of pyridine rings is 1. The van der Waals surface area contributed by atoms with Crippen molar-refractivity contribution in [2.45, 2.75) is 18.4 Å². The van der Waals surface area contributed by atoms with Gasteiger partial charge in [0.1, 0.15) is 0 Å². The Bertz CT molecular complexity index is 645. The lowest BCUT2D eigenvalue weighted by Crippen LogP contribution is -2.25. The van der Waals surface area contributed by atoms with Gasteiger partial charge in [-0.2, -0.15) is 0 Å². The number of nitrogens with zero attached hydrogens (tertiary/aromatic N) is 1. The number of benzene rings is 1. The van der Waals surface area contributed by atoms with Crippen molar-refractivity contribution in [3.05, 3.63) is 59.9 Å². The number of hydrogen-bond donors (Lipinski definition) is 2. The van der Waals surface area contributed by atoms with Crippen molar-refractivity contribution in [3.8, 4) is 0 Å². The Kier molecular flexibility index (Phi) is 6.62. The molecule has 0 spiro atoms. The maximum Gasteiger partial charge on any atom is 0.251 e. The Labute approximate surface area is 139 Å². The molecule has 0 atom stereocenters. The number of thioether (sulfide) groups is 1. The molecule has 5 nitrogen and oxygen atoms in total. The summed E-state index contributed by atoms with van der Waals surface area (Å²) in [7, 11) is 0. The standard InChI is InChI=1S/C17H19N3O2S/c1-2-19-17(22)14-5-3-13(4-6-14)11-20-16(21)12-23-15-7-9-18-10-8-15/h3-10H,2,11-12H2,1H3,(H,19,22)(H,20,21). The molecule has 0 saturated carbocycles. The van der Waals surface area contributed by atoms with E-state index >= 15 is 0 Å². The third-order valence-corrected chi connectivity index (χ3v) is 4.07. The van der Waals surface area contributed by atoms with Crippen LogP contribution in [0.25, 0.3) is 0 Å². The van der Waals surface area contributed by atoms with E-state index in [-0.39, 0.29) is 11.8 Å². The molecule has 0 saturated heterocycles. The molecule has 1 aromatic carbocycles. The molecule has 2 rings (SSSR count). The van der Waals surface area contributed by atoms with E-state index in [1.807, 2.05) is 31.2 Å². The van der Waals surface area contributed by atoms with Crippen LogP contribution >= 0.6 is 11.8 Å². The van der Waals surface area contributed by atoms with Crippen molar-refractivity contribution in [2.75, 3.05) is 12.3 Å². The normalized spacial score (nSPS) is 10.1. The molecule has 120 valence electrons. The van der Waals surface area contributed by atoms with Gasteiger partial charge in [0.15, 0.2) is 0 Å². The number of nitrogens with one attached hydrogen (secondary N) is 2. The molecule has 2 N–H and O–H groups in total. The van der Waals surface area contributed by atoms with E-state index in [9.17, 15) is 9.59 Å². The second-order valence-corrected chi connectivity index (χ2v) is 5.85. The smallest absolute Gasteiger partial charge is 0.251 e. The Hall–Kier alpha value is -2.34. The monoisotopic (exact) mass is 329 g/mol. The average molecular weight is 329 g/mol. The van der Waals surface area contributed by atoms with Crippen molar-refractivity contribution in [2.24, 2.45) is 0 Å². The zero-order valence-electron chi connectivity index (χ0n) is 12.9. The molecule has 0 radical (unpaired) electrons. The fourth-order valence-corrected chi connectivity index (χ4v) is 2.59. The molecular formula is C17H19N3O2S. The fraction of sp³-hybridized carbons (Fsp3) is 0.235. The first-order valence-electron chi connectivity index (χ1n) is 7.35. The van der Waals surface area contributed by atoms with Gasteiger partial charge in [0.05, 0.1) is 5.75 Å². The first-order chi connectivity index (χ1) is 11.2. The zero-order valence-corrected chi connectivity index (χ0v) is 13.7. The number of rotatable bonds is 7. The van der Waals surface area contributed by atoms with Crippen LogP contribution in [0.5, 0.6) is 0 Å². The predicted molar refractivity (Wildman–Crippen MR) is 91.3 cm³/mol. The minimum Gasteiger partial charge on any atom is -0.352 e. The number of aromatic nitrogens is 1. The van der Waals surface area contributed by atoms with E-state index < -0.39 is 0 Å². The van der Waals surface area contributed by atoms with Crippen LogP contribution in [0.1, 0.15) is 22.8 Å². The fourth-order valence-electron chi connectivity index (χ4n) is 1.87. The molecule has 0 unspecified atom stereocenters. The van der Waals surface area contributed by atoms with Gasteiger partial charge in [-0.25, -0.2) is 0 Å². The third kappa shape index (κ3) is 5.75. The van der Waals surface area contributed by atoms with Gasteiger partial charge in [0, 0.05) is 35.9 Å². The maximum atomic E-state index is 11.8. The van der Waals surface area contributed by atoms with Gasteiger partial charge in [0.25, 0.3) is 5.91 Å². The lowest BCUT2D eigenvalue weighted by Gasteiger charge is -2.07. The van der Waals surface area contributed by atoms with Crippen molar-refractivity contribution in [1.82, 2.24) is 15.6 Å². The summed E-state index contributed by atoms with van der Waals surface area (Å²) in [4.78, 5) is 28.4. The molecule has 0 aliphatic rings. The summed E-state index contributed by atoms with van der Waals surface area (Å²) in [5, 5.41) is 5.62. The topological polar surface area (TPSA) is 71.1 Å². The van der Waals surface area contributed by atoms with Crippen LogP contribution in [0, 0.1) is 0 Å². The first kappa shape index (κ1) is 17.0. The molecule has 0 fully saturated rings. The van der Waals surface area contributed by atoms with Gasteiger partial charge >= 0.3 is 0 Å².